The van der Waals surface area contributed by atoms with Gasteiger partial charge in [0.2, 0.25) is 0 Å². The van der Waals surface area contributed by atoms with Gasteiger partial charge in [-0.2, -0.15) is 0 Å². The number of hydrogen-bond donors (Lipinski definition) is 0. The van der Waals surface area contributed by atoms with Crippen molar-refractivity contribution in [2.75, 3.05) is 13.2 Å². The van der Waals surface area contributed by atoms with Crippen molar-refractivity contribution in [3.05, 3.63) is 36.4 Å². The van der Waals surface area contributed by atoms with Crippen LogP contribution in [0.3, 0.4) is 0 Å². The van der Waals surface area contributed by atoms with E-state index in [9.17, 15) is 0 Å². The van der Waals surface area contributed by atoms with Crippen LogP contribution in [0.1, 0.15) is 18.4 Å². The van der Waals surface area contributed by atoms with Crippen LogP contribution in [0.5, 0.6) is 5.75 Å². The monoisotopic (exact) mass is 204 g/mol. The Morgan fingerprint density at radius 2 is 2.13 bits per heavy atom. The van der Waals surface area contributed by atoms with Gasteiger partial charge >= 0.3 is 0 Å². The minimum absolute atomic E-state index is 0.304. The molecular formula is C13H16O2. The predicted molar refractivity (Wildman–Crippen MR) is 61.0 cm³/mol. The van der Waals surface area contributed by atoms with Crippen LogP contribution in [0.4, 0.5) is 0 Å². The van der Waals surface area contributed by atoms with Crippen molar-refractivity contribution < 1.29 is 9.47 Å². The fraction of sp³-hybridized carbons (Fsp3) is 0.385. The fourth-order valence-corrected chi connectivity index (χ4v) is 1.70. The first-order valence-corrected chi connectivity index (χ1v) is 5.35. The Morgan fingerprint density at radius 3 is 2.87 bits per heavy atom. The first-order valence-electron chi connectivity index (χ1n) is 5.35. The summed E-state index contributed by atoms with van der Waals surface area (Å²) in [4.78, 5) is 0. The third-order valence-electron chi connectivity index (χ3n) is 2.56. The largest absolute Gasteiger partial charge is 0.490 e. The second kappa shape index (κ2) is 4.99. The van der Waals surface area contributed by atoms with E-state index in [-0.39, 0.29) is 0 Å². The van der Waals surface area contributed by atoms with E-state index in [0.29, 0.717) is 6.10 Å². The average molecular weight is 204 g/mol. The molecule has 2 nitrogen and oxygen atoms in total. The van der Waals surface area contributed by atoms with E-state index < -0.39 is 0 Å². The van der Waals surface area contributed by atoms with Crippen LogP contribution in [0.25, 0.3) is 6.08 Å². The molecule has 2 rings (SSSR count). The highest BCUT2D eigenvalue weighted by Gasteiger charge is 2.14. The fourth-order valence-electron chi connectivity index (χ4n) is 1.70. The Kier molecular flexibility index (Phi) is 3.41. The molecule has 0 radical (unpaired) electrons. The average Bonchev–Trinajstić information content (AvgIpc) is 2.31. The zero-order chi connectivity index (χ0) is 10.5. The summed E-state index contributed by atoms with van der Waals surface area (Å²) in [6.07, 6.45) is 4.10. The Balaban J connectivity index is 1.99. The van der Waals surface area contributed by atoms with E-state index in [1.54, 1.807) is 0 Å². The van der Waals surface area contributed by atoms with Gasteiger partial charge in [-0.25, -0.2) is 0 Å². The van der Waals surface area contributed by atoms with Crippen molar-refractivity contribution in [2.24, 2.45) is 0 Å². The molecule has 0 aromatic heterocycles. The van der Waals surface area contributed by atoms with Gasteiger partial charge in [-0.3, -0.25) is 0 Å². The molecule has 1 fully saturated rings. The highest BCUT2D eigenvalue weighted by molar-refractivity contribution is 5.49. The van der Waals surface area contributed by atoms with Crippen molar-refractivity contribution in [3.63, 3.8) is 0 Å². The smallest absolute Gasteiger partial charge is 0.120 e. The second-order valence-electron chi connectivity index (χ2n) is 3.71. The maximum atomic E-state index is 5.87. The summed E-state index contributed by atoms with van der Waals surface area (Å²) in [5, 5.41) is 0. The molecule has 1 aliphatic heterocycles. The van der Waals surface area contributed by atoms with Crippen LogP contribution in [0.15, 0.2) is 30.8 Å². The summed E-state index contributed by atoms with van der Waals surface area (Å²) in [7, 11) is 0. The van der Waals surface area contributed by atoms with Crippen molar-refractivity contribution in [3.8, 4) is 5.75 Å². The summed E-state index contributed by atoms with van der Waals surface area (Å²) >= 11 is 0. The normalized spacial score (nSPS) is 17.3. The Hall–Kier alpha value is -1.28. The van der Waals surface area contributed by atoms with E-state index in [1.165, 1.54) is 0 Å². The third kappa shape index (κ3) is 2.83. The lowest BCUT2D eigenvalue weighted by molar-refractivity contribution is 0.0256. The van der Waals surface area contributed by atoms with E-state index >= 15 is 0 Å². The van der Waals surface area contributed by atoms with Crippen LogP contribution in [-0.4, -0.2) is 19.3 Å². The number of ether oxygens (including phenoxy) is 2. The van der Waals surface area contributed by atoms with Gasteiger partial charge in [-0.15, -0.1) is 0 Å². The molecule has 1 aromatic carbocycles. The second-order valence-corrected chi connectivity index (χ2v) is 3.71. The number of benzene rings is 1. The molecule has 0 unspecified atom stereocenters. The van der Waals surface area contributed by atoms with E-state index in [4.69, 9.17) is 9.47 Å². The van der Waals surface area contributed by atoms with Crippen molar-refractivity contribution >= 4 is 6.08 Å². The topological polar surface area (TPSA) is 18.5 Å². The lowest BCUT2D eigenvalue weighted by Crippen LogP contribution is -2.25. The SMILES string of the molecule is C=Cc1cccc(OC2CCOCC2)c1. The molecular weight excluding hydrogens is 188 g/mol. The maximum Gasteiger partial charge on any atom is 0.120 e. The quantitative estimate of drug-likeness (QED) is 0.753. The Morgan fingerprint density at radius 1 is 1.33 bits per heavy atom. The molecule has 1 aromatic rings. The van der Waals surface area contributed by atoms with Gasteiger partial charge in [0.15, 0.2) is 0 Å². The zero-order valence-corrected chi connectivity index (χ0v) is 8.82. The number of hydrogen-bond acceptors (Lipinski definition) is 2. The van der Waals surface area contributed by atoms with Crippen LogP contribution in [0, 0.1) is 0 Å². The highest BCUT2D eigenvalue weighted by atomic mass is 16.5. The van der Waals surface area contributed by atoms with Gasteiger partial charge in [0.1, 0.15) is 11.9 Å². The molecule has 0 atom stereocenters. The van der Waals surface area contributed by atoms with Gasteiger partial charge in [-0.05, 0) is 17.7 Å². The van der Waals surface area contributed by atoms with Crippen LogP contribution in [0.2, 0.25) is 0 Å². The zero-order valence-electron chi connectivity index (χ0n) is 8.82. The summed E-state index contributed by atoms with van der Waals surface area (Å²) in [6, 6.07) is 8.01. The molecule has 0 bridgehead atoms. The van der Waals surface area contributed by atoms with Crippen LogP contribution >= 0.6 is 0 Å². The van der Waals surface area contributed by atoms with Crippen molar-refractivity contribution in [1.29, 1.82) is 0 Å². The molecule has 0 saturated carbocycles. The molecule has 80 valence electrons. The molecule has 2 heteroatoms. The summed E-state index contributed by atoms with van der Waals surface area (Å²) in [5.74, 6) is 0.930. The van der Waals surface area contributed by atoms with Crippen LogP contribution < -0.4 is 4.74 Å². The predicted octanol–water partition coefficient (Wildman–Crippen LogP) is 2.89. The molecule has 1 aliphatic rings. The summed E-state index contributed by atoms with van der Waals surface area (Å²) in [5.41, 5.74) is 1.10. The van der Waals surface area contributed by atoms with Crippen molar-refractivity contribution in [2.45, 2.75) is 18.9 Å². The molecule has 0 spiro atoms. The van der Waals surface area contributed by atoms with E-state index in [1.807, 2.05) is 30.3 Å². The minimum Gasteiger partial charge on any atom is -0.490 e. The lowest BCUT2D eigenvalue weighted by Gasteiger charge is -2.23. The first-order chi connectivity index (χ1) is 7.38. The van der Waals surface area contributed by atoms with Crippen LogP contribution in [-0.2, 0) is 4.74 Å². The Labute approximate surface area is 90.5 Å². The third-order valence-corrected chi connectivity index (χ3v) is 2.56. The molecule has 0 aliphatic carbocycles. The maximum absolute atomic E-state index is 5.87. The summed E-state index contributed by atoms with van der Waals surface area (Å²) in [6.45, 7) is 5.37. The van der Waals surface area contributed by atoms with Gasteiger partial charge in [0.25, 0.3) is 0 Å². The van der Waals surface area contributed by atoms with Crippen molar-refractivity contribution in [1.82, 2.24) is 0 Å². The minimum atomic E-state index is 0.304. The van der Waals surface area contributed by atoms with Gasteiger partial charge in [0.05, 0.1) is 13.2 Å². The Bertz CT molecular complexity index is 327. The summed E-state index contributed by atoms with van der Waals surface area (Å²) < 4.78 is 11.2. The standard InChI is InChI=1S/C13H16O2/c1-2-11-4-3-5-13(10-11)15-12-6-8-14-9-7-12/h2-5,10,12H,1,6-9H2. The molecule has 15 heavy (non-hydrogen) atoms. The molecule has 0 N–H and O–H groups in total. The lowest BCUT2D eigenvalue weighted by atomic mass is 10.1. The van der Waals surface area contributed by atoms with E-state index in [0.717, 1.165) is 37.4 Å². The van der Waals surface area contributed by atoms with Gasteiger partial charge in [-0.1, -0.05) is 24.8 Å². The molecule has 1 saturated heterocycles. The van der Waals surface area contributed by atoms with E-state index in [2.05, 4.69) is 6.58 Å². The molecule has 1 heterocycles. The number of rotatable bonds is 3. The molecule has 0 amide bonds. The first kappa shape index (κ1) is 10.2. The van der Waals surface area contributed by atoms with Gasteiger partial charge in [0, 0.05) is 12.8 Å². The highest BCUT2D eigenvalue weighted by Crippen LogP contribution is 2.19. The van der Waals surface area contributed by atoms with Gasteiger partial charge < -0.3 is 9.47 Å².